The number of nitrogens with zero attached hydrogens (tertiary/aromatic N) is 6. The van der Waals surface area contributed by atoms with Gasteiger partial charge in [-0.25, -0.2) is 15.0 Å². The fraction of sp³-hybridized carbons (Fsp3) is 0.471. The number of rotatable bonds is 3. The molecule has 5 heterocycles. The van der Waals surface area contributed by atoms with Crippen LogP contribution < -0.4 is 4.90 Å². The monoisotopic (exact) mass is 340 g/mol. The van der Waals surface area contributed by atoms with Crippen LogP contribution in [0.5, 0.6) is 0 Å². The van der Waals surface area contributed by atoms with Crippen LogP contribution in [0, 0.1) is 18.8 Å². The van der Waals surface area contributed by atoms with E-state index in [0.29, 0.717) is 0 Å². The first-order valence-electron chi connectivity index (χ1n) is 8.41. The van der Waals surface area contributed by atoms with Crippen LogP contribution in [0.15, 0.2) is 30.3 Å². The Balaban J connectivity index is 1.25. The number of thiazole rings is 1. The summed E-state index contributed by atoms with van der Waals surface area (Å²) in [5.41, 5.74) is 2.36. The summed E-state index contributed by atoms with van der Waals surface area (Å²) in [7, 11) is 0. The summed E-state index contributed by atoms with van der Waals surface area (Å²) < 4.78 is 2.12. The molecule has 2 unspecified atom stereocenters. The van der Waals surface area contributed by atoms with Crippen molar-refractivity contribution in [2.45, 2.75) is 13.5 Å². The second-order valence-corrected chi connectivity index (χ2v) is 7.85. The van der Waals surface area contributed by atoms with E-state index in [1.807, 2.05) is 6.20 Å². The zero-order valence-electron chi connectivity index (χ0n) is 13.7. The molecule has 2 atom stereocenters. The summed E-state index contributed by atoms with van der Waals surface area (Å²) in [6.07, 6.45) is 7.81. The topological polar surface area (TPSA) is 49.6 Å². The van der Waals surface area contributed by atoms with Gasteiger partial charge in [0.1, 0.15) is 12.1 Å². The van der Waals surface area contributed by atoms with E-state index in [-0.39, 0.29) is 0 Å². The number of imidazole rings is 1. The lowest BCUT2D eigenvalue weighted by Crippen LogP contribution is -2.29. The lowest BCUT2D eigenvalue weighted by molar-refractivity contribution is 0.305. The molecule has 2 fully saturated rings. The third kappa shape index (κ3) is 2.39. The maximum Gasteiger partial charge on any atom is 0.193 e. The molecule has 0 spiro atoms. The van der Waals surface area contributed by atoms with Crippen molar-refractivity contribution in [2.24, 2.45) is 11.8 Å². The molecule has 0 aromatic carbocycles. The number of aryl methyl sites for hydroxylation is 1. The Morgan fingerprint density at radius 1 is 1.21 bits per heavy atom. The fourth-order valence-electron chi connectivity index (χ4n) is 4.20. The molecule has 124 valence electrons. The van der Waals surface area contributed by atoms with E-state index in [0.717, 1.165) is 55.3 Å². The Hall–Kier alpha value is -1.99. The number of aromatic nitrogens is 4. The zero-order chi connectivity index (χ0) is 16.1. The summed E-state index contributed by atoms with van der Waals surface area (Å²) >= 11 is 1.70. The van der Waals surface area contributed by atoms with E-state index in [1.165, 1.54) is 11.3 Å². The van der Waals surface area contributed by atoms with Gasteiger partial charge in [0.25, 0.3) is 0 Å². The smallest absolute Gasteiger partial charge is 0.193 e. The quantitative estimate of drug-likeness (QED) is 0.730. The van der Waals surface area contributed by atoms with E-state index < -0.39 is 0 Å². The van der Waals surface area contributed by atoms with Crippen LogP contribution in [-0.2, 0) is 6.54 Å². The first-order valence-corrected chi connectivity index (χ1v) is 9.29. The molecule has 0 saturated carbocycles. The second-order valence-electron chi connectivity index (χ2n) is 6.97. The maximum absolute atomic E-state index is 4.72. The predicted octanol–water partition coefficient (Wildman–Crippen LogP) is 2.06. The van der Waals surface area contributed by atoms with Crippen molar-refractivity contribution >= 4 is 22.1 Å². The summed E-state index contributed by atoms with van der Waals surface area (Å²) in [5.74, 6) is 2.59. The van der Waals surface area contributed by atoms with Crippen molar-refractivity contribution in [3.05, 3.63) is 41.6 Å². The van der Waals surface area contributed by atoms with Gasteiger partial charge in [0.15, 0.2) is 4.96 Å². The van der Waals surface area contributed by atoms with E-state index in [1.54, 1.807) is 17.7 Å². The van der Waals surface area contributed by atoms with E-state index in [2.05, 4.69) is 48.9 Å². The lowest BCUT2D eigenvalue weighted by Gasteiger charge is -2.22. The van der Waals surface area contributed by atoms with E-state index in [4.69, 9.17) is 4.98 Å². The van der Waals surface area contributed by atoms with Crippen LogP contribution in [-0.4, -0.2) is 50.4 Å². The van der Waals surface area contributed by atoms with Gasteiger partial charge in [0.2, 0.25) is 0 Å². The number of likely N-dealkylation sites (tertiary alicyclic amines) is 1. The predicted molar refractivity (Wildman–Crippen MR) is 94.3 cm³/mol. The van der Waals surface area contributed by atoms with Crippen molar-refractivity contribution in [1.82, 2.24) is 24.3 Å². The van der Waals surface area contributed by atoms with Crippen LogP contribution in [0.25, 0.3) is 4.96 Å². The molecule has 6 nitrogen and oxygen atoms in total. The average Bonchev–Trinajstić information content (AvgIpc) is 3.27. The summed E-state index contributed by atoms with van der Waals surface area (Å²) in [6, 6.07) is 0. The number of hydrogen-bond donors (Lipinski definition) is 0. The lowest BCUT2D eigenvalue weighted by atomic mass is 10.0. The molecule has 5 rings (SSSR count). The normalized spacial score (nSPS) is 24.1. The molecule has 24 heavy (non-hydrogen) atoms. The molecule has 2 aliphatic rings. The van der Waals surface area contributed by atoms with Gasteiger partial charge in [-0.15, -0.1) is 11.3 Å². The average molecular weight is 340 g/mol. The molecule has 2 aliphatic heterocycles. The van der Waals surface area contributed by atoms with E-state index in [9.17, 15) is 0 Å². The molecule has 3 aromatic heterocycles. The van der Waals surface area contributed by atoms with Gasteiger partial charge < -0.3 is 4.90 Å². The Bertz CT molecular complexity index is 828. The fourth-order valence-corrected chi connectivity index (χ4v) is 4.92. The molecule has 0 aliphatic carbocycles. The van der Waals surface area contributed by atoms with Gasteiger partial charge in [0.05, 0.1) is 5.69 Å². The highest BCUT2D eigenvalue weighted by Crippen LogP contribution is 2.34. The largest absolute Gasteiger partial charge is 0.356 e. The third-order valence-corrected chi connectivity index (χ3v) is 6.03. The Kier molecular flexibility index (Phi) is 3.31. The standard InChI is InChI=1S/C17H20N6S/c1-12-4-18-11-19-16(12)23-7-13-5-21(6-14(13)8-23)9-15-10-22-2-3-24-17(22)20-15/h2-4,10-11,13-14H,5-9H2,1H3. The Labute approximate surface area is 144 Å². The van der Waals surface area contributed by atoms with Crippen LogP contribution in [0.3, 0.4) is 0 Å². The molecule has 2 saturated heterocycles. The zero-order valence-corrected chi connectivity index (χ0v) is 14.5. The summed E-state index contributed by atoms with van der Waals surface area (Å²) in [5, 5.41) is 2.08. The molecular weight excluding hydrogens is 320 g/mol. The summed E-state index contributed by atoms with van der Waals surface area (Å²) in [4.78, 5) is 19.4. The SMILES string of the molecule is Cc1cncnc1N1CC2CN(Cc3cn4ccsc4n3)CC2C1. The Morgan fingerprint density at radius 2 is 2.04 bits per heavy atom. The maximum atomic E-state index is 4.72. The highest BCUT2D eigenvalue weighted by molar-refractivity contribution is 7.15. The van der Waals surface area contributed by atoms with Crippen molar-refractivity contribution in [3.8, 4) is 0 Å². The molecular formula is C17H20N6S. The Morgan fingerprint density at radius 3 is 2.79 bits per heavy atom. The molecule has 0 N–H and O–H groups in total. The molecule has 0 radical (unpaired) electrons. The van der Waals surface area contributed by atoms with Crippen molar-refractivity contribution in [1.29, 1.82) is 0 Å². The molecule has 3 aromatic rings. The second kappa shape index (κ2) is 5.53. The van der Waals surface area contributed by atoms with Crippen LogP contribution in [0.1, 0.15) is 11.3 Å². The highest BCUT2D eigenvalue weighted by Gasteiger charge is 2.40. The molecule has 0 amide bonds. The first-order chi connectivity index (χ1) is 11.8. The van der Waals surface area contributed by atoms with E-state index >= 15 is 0 Å². The van der Waals surface area contributed by atoms with Gasteiger partial charge in [-0.2, -0.15) is 0 Å². The van der Waals surface area contributed by atoms with Gasteiger partial charge in [-0.05, 0) is 18.8 Å². The van der Waals surface area contributed by atoms with Crippen molar-refractivity contribution in [3.63, 3.8) is 0 Å². The van der Waals surface area contributed by atoms with Crippen LogP contribution in [0.4, 0.5) is 5.82 Å². The highest BCUT2D eigenvalue weighted by atomic mass is 32.1. The van der Waals surface area contributed by atoms with Crippen molar-refractivity contribution < 1.29 is 0 Å². The van der Waals surface area contributed by atoms with Gasteiger partial charge >= 0.3 is 0 Å². The minimum absolute atomic E-state index is 0.739. The molecule has 7 heteroatoms. The minimum Gasteiger partial charge on any atom is -0.356 e. The summed E-state index contributed by atoms with van der Waals surface area (Å²) in [6.45, 7) is 7.61. The third-order valence-electron chi connectivity index (χ3n) is 5.26. The number of fused-ring (bicyclic) bond motifs is 2. The van der Waals surface area contributed by atoms with Crippen molar-refractivity contribution in [2.75, 3.05) is 31.1 Å². The number of anilines is 1. The van der Waals surface area contributed by atoms with Gasteiger partial charge in [-0.3, -0.25) is 9.30 Å². The van der Waals surface area contributed by atoms with Gasteiger partial charge in [-0.1, -0.05) is 0 Å². The van der Waals surface area contributed by atoms with Crippen LogP contribution >= 0.6 is 11.3 Å². The van der Waals surface area contributed by atoms with Crippen LogP contribution in [0.2, 0.25) is 0 Å². The first kappa shape index (κ1) is 14.4. The van der Waals surface area contributed by atoms with Gasteiger partial charge in [0, 0.05) is 62.3 Å². The minimum atomic E-state index is 0.739. The molecule has 0 bridgehead atoms. The number of hydrogen-bond acceptors (Lipinski definition) is 6.